The van der Waals surface area contributed by atoms with Crippen LogP contribution in [0.25, 0.3) is 0 Å². The first kappa shape index (κ1) is 14.4. The Hall–Kier alpha value is -1.06. The molecule has 0 amide bonds. The van der Waals surface area contributed by atoms with Crippen LogP contribution in [-0.4, -0.2) is 36.4 Å². The van der Waals surface area contributed by atoms with Crippen molar-refractivity contribution in [3.63, 3.8) is 0 Å². The van der Waals surface area contributed by atoms with Gasteiger partial charge in [0.15, 0.2) is 0 Å². The van der Waals surface area contributed by atoms with E-state index in [2.05, 4.69) is 50.0 Å². The van der Waals surface area contributed by atoms with Crippen molar-refractivity contribution in [1.29, 1.82) is 0 Å². The number of hydrogen-bond donors (Lipinski definition) is 2. The summed E-state index contributed by atoms with van der Waals surface area (Å²) in [5.41, 5.74) is 4.48. The van der Waals surface area contributed by atoms with Crippen LogP contribution in [0.15, 0.2) is 12.1 Å². The minimum atomic E-state index is -0.686. The minimum Gasteiger partial charge on any atom is -0.387 e. The molecule has 1 aromatic carbocycles. The van der Waals surface area contributed by atoms with Crippen LogP contribution in [0.4, 0.5) is 5.69 Å². The Balaban J connectivity index is 2.43. The fourth-order valence-electron chi connectivity index (χ4n) is 3.16. The van der Waals surface area contributed by atoms with Crippen LogP contribution in [-0.2, 0) is 0 Å². The molecule has 2 atom stereocenters. The normalized spacial score (nSPS) is 28.3. The molecule has 1 fully saturated rings. The summed E-state index contributed by atoms with van der Waals surface area (Å²) in [6, 6.07) is 4.83. The molecule has 0 bridgehead atoms. The second kappa shape index (κ2) is 5.14. The largest absolute Gasteiger partial charge is 0.387 e. The summed E-state index contributed by atoms with van der Waals surface area (Å²) in [5.74, 6) is 0. The van der Waals surface area contributed by atoms with Crippen molar-refractivity contribution in [1.82, 2.24) is 5.32 Å². The maximum Gasteiger partial charge on any atom is 0.0917 e. The molecule has 2 unspecified atom stereocenters. The molecule has 0 radical (unpaired) electrons. The van der Waals surface area contributed by atoms with Crippen molar-refractivity contribution in [2.75, 3.05) is 24.5 Å². The van der Waals surface area contributed by atoms with Gasteiger partial charge in [0.05, 0.1) is 5.60 Å². The summed E-state index contributed by atoms with van der Waals surface area (Å²) in [6.07, 6.45) is 0. The Morgan fingerprint density at radius 1 is 1.26 bits per heavy atom. The van der Waals surface area contributed by atoms with Crippen LogP contribution in [0, 0.1) is 20.8 Å². The molecule has 3 nitrogen and oxygen atoms in total. The van der Waals surface area contributed by atoms with Crippen LogP contribution in [0.3, 0.4) is 0 Å². The minimum absolute atomic E-state index is 0.383. The van der Waals surface area contributed by atoms with Crippen molar-refractivity contribution >= 4 is 5.69 Å². The lowest BCUT2D eigenvalue weighted by molar-refractivity contribution is 0.0726. The quantitative estimate of drug-likeness (QED) is 0.814. The fourth-order valence-corrected chi connectivity index (χ4v) is 3.16. The summed E-state index contributed by atoms with van der Waals surface area (Å²) in [7, 11) is 0. The average Bonchev–Trinajstić information content (AvgIpc) is 2.37. The lowest BCUT2D eigenvalue weighted by Gasteiger charge is -2.35. The van der Waals surface area contributed by atoms with Crippen molar-refractivity contribution in [3.8, 4) is 0 Å². The predicted molar refractivity (Wildman–Crippen MR) is 81.0 cm³/mol. The standard InChI is InChI=1S/C16H26N2O/c1-11-6-12(2)15(13(3)7-11)18-10-16(5,19)9-17-8-14(18)4/h6-7,14,17,19H,8-10H2,1-5H3. The van der Waals surface area contributed by atoms with E-state index in [0.717, 1.165) is 6.54 Å². The number of nitrogens with zero attached hydrogens (tertiary/aromatic N) is 1. The molecule has 1 aliphatic rings. The number of β-amino-alcohol motifs (C(OH)–C–C–N with tert-alkyl or cyclic N) is 1. The summed E-state index contributed by atoms with van der Waals surface area (Å²) in [6.45, 7) is 12.8. The van der Waals surface area contributed by atoms with E-state index in [1.807, 2.05) is 6.92 Å². The van der Waals surface area contributed by atoms with Crippen molar-refractivity contribution < 1.29 is 5.11 Å². The average molecular weight is 262 g/mol. The monoisotopic (exact) mass is 262 g/mol. The molecule has 2 rings (SSSR count). The molecule has 1 aliphatic heterocycles. The predicted octanol–water partition coefficient (Wildman–Crippen LogP) is 2.16. The summed E-state index contributed by atoms with van der Waals surface area (Å²) in [4.78, 5) is 2.35. The van der Waals surface area contributed by atoms with Gasteiger partial charge >= 0.3 is 0 Å². The van der Waals surface area contributed by atoms with E-state index in [-0.39, 0.29) is 0 Å². The summed E-state index contributed by atoms with van der Waals surface area (Å²) >= 11 is 0. The van der Waals surface area contributed by atoms with E-state index in [0.29, 0.717) is 19.1 Å². The van der Waals surface area contributed by atoms with Crippen molar-refractivity contribution in [3.05, 3.63) is 28.8 Å². The molecule has 106 valence electrons. The highest BCUT2D eigenvalue weighted by Crippen LogP contribution is 2.30. The van der Waals surface area contributed by atoms with E-state index < -0.39 is 5.60 Å². The molecular weight excluding hydrogens is 236 g/mol. The third kappa shape index (κ3) is 3.10. The number of aliphatic hydroxyl groups is 1. The molecule has 0 spiro atoms. The lowest BCUT2D eigenvalue weighted by atomic mass is 10.0. The molecule has 0 aromatic heterocycles. The fraction of sp³-hybridized carbons (Fsp3) is 0.625. The van der Waals surface area contributed by atoms with Crippen LogP contribution in [0.5, 0.6) is 0 Å². The van der Waals surface area contributed by atoms with Gasteiger partial charge in [-0.1, -0.05) is 17.7 Å². The Labute approximate surface area is 116 Å². The highest BCUT2D eigenvalue weighted by molar-refractivity contribution is 5.61. The number of benzene rings is 1. The lowest BCUT2D eigenvalue weighted by Crippen LogP contribution is -2.45. The van der Waals surface area contributed by atoms with Crippen LogP contribution < -0.4 is 10.2 Å². The highest BCUT2D eigenvalue weighted by Gasteiger charge is 2.31. The molecule has 2 N–H and O–H groups in total. The Morgan fingerprint density at radius 3 is 2.42 bits per heavy atom. The highest BCUT2D eigenvalue weighted by atomic mass is 16.3. The second-order valence-electron chi connectivity index (χ2n) is 6.35. The first-order valence-corrected chi connectivity index (χ1v) is 7.08. The smallest absolute Gasteiger partial charge is 0.0917 e. The molecule has 1 heterocycles. The third-order valence-electron chi connectivity index (χ3n) is 3.91. The van der Waals surface area contributed by atoms with Gasteiger partial charge in [0.2, 0.25) is 0 Å². The first-order valence-electron chi connectivity index (χ1n) is 7.08. The maximum absolute atomic E-state index is 10.4. The molecule has 3 heteroatoms. The second-order valence-corrected chi connectivity index (χ2v) is 6.35. The van der Waals surface area contributed by atoms with Crippen molar-refractivity contribution in [2.24, 2.45) is 0 Å². The number of nitrogens with one attached hydrogen (secondary N) is 1. The van der Waals surface area contributed by atoms with Crippen molar-refractivity contribution in [2.45, 2.75) is 46.3 Å². The molecular formula is C16H26N2O. The number of aryl methyl sites for hydroxylation is 3. The van der Waals surface area contributed by atoms with E-state index in [4.69, 9.17) is 0 Å². The van der Waals surface area contributed by atoms with Gasteiger partial charge < -0.3 is 15.3 Å². The summed E-state index contributed by atoms with van der Waals surface area (Å²) < 4.78 is 0. The van der Waals surface area contributed by atoms with E-state index >= 15 is 0 Å². The Bertz CT molecular complexity index is 445. The maximum atomic E-state index is 10.4. The molecule has 0 saturated carbocycles. The summed E-state index contributed by atoms with van der Waals surface area (Å²) in [5, 5.41) is 13.8. The van der Waals surface area contributed by atoms with Gasteiger partial charge in [-0.25, -0.2) is 0 Å². The SMILES string of the molecule is Cc1cc(C)c(N2CC(C)(O)CNCC2C)c(C)c1. The zero-order chi connectivity index (χ0) is 14.2. The van der Waals surface area contributed by atoms with E-state index in [1.165, 1.54) is 22.4 Å². The number of anilines is 1. The van der Waals surface area contributed by atoms with E-state index in [1.54, 1.807) is 0 Å². The van der Waals surface area contributed by atoms with Gasteiger partial charge in [-0.2, -0.15) is 0 Å². The van der Waals surface area contributed by atoms with Crippen LogP contribution in [0.1, 0.15) is 30.5 Å². The molecule has 1 aromatic rings. The number of hydrogen-bond acceptors (Lipinski definition) is 3. The van der Waals surface area contributed by atoms with Gasteiger partial charge in [-0.3, -0.25) is 0 Å². The topological polar surface area (TPSA) is 35.5 Å². The van der Waals surface area contributed by atoms with Gasteiger partial charge in [0.1, 0.15) is 0 Å². The zero-order valence-corrected chi connectivity index (χ0v) is 12.7. The Morgan fingerprint density at radius 2 is 1.84 bits per heavy atom. The number of rotatable bonds is 1. The molecule has 19 heavy (non-hydrogen) atoms. The Kier molecular flexibility index (Phi) is 3.88. The van der Waals surface area contributed by atoms with Gasteiger partial charge in [0.25, 0.3) is 0 Å². The first-order chi connectivity index (χ1) is 8.80. The van der Waals surface area contributed by atoms with E-state index in [9.17, 15) is 5.11 Å². The molecule has 0 aliphatic carbocycles. The van der Waals surface area contributed by atoms with Gasteiger partial charge in [-0.05, 0) is 45.7 Å². The third-order valence-corrected chi connectivity index (χ3v) is 3.91. The van der Waals surface area contributed by atoms with Crippen LogP contribution >= 0.6 is 0 Å². The van der Waals surface area contributed by atoms with Crippen LogP contribution in [0.2, 0.25) is 0 Å². The van der Waals surface area contributed by atoms with Gasteiger partial charge in [0, 0.05) is 31.4 Å². The molecule has 1 saturated heterocycles. The van der Waals surface area contributed by atoms with Gasteiger partial charge in [-0.15, -0.1) is 0 Å². The zero-order valence-electron chi connectivity index (χ0n) is 12.7.